The molecule has 2 aromatic rings. The van der Waals surface area contributed by atoms with Gasteiger partial charge in [-0.25, -0.2) is 9.37 Å². The maximum absolute atomic E-state index is 13.1. The van der Waals surface area contributed by atoms with Crippen LogP contribution in [0.5, 0.6) is 0 Å². The molecule has 2 bridgehead atoms. The molecule has 4 nitrogen and oxygen atoms in total. The summed E-state index contributed by atoms with van der Waals surface area (Å²) >= 11 is 0. The molecule has 3 aliphatic rings. The van der Waals surface area contributed by atoms with Crippen molar-refractivity contribution in [3.05, 3.63) is 65.7 Å². The molecule has 0 unspecified atom stereocenters. The number of aromatic nitrogens is 1. The number of halogens is 1. The standard InChI is InChI=1S/C23H26FN3O/c24-19-9-10-20(25-12-19)23(28)26-13-16-11-18(15-26)22-8-4-7-21(27(22)14-16)17-5-2-1-3-6-17/h1-3,5-6,9-10,12,16,18,21-22H,4,7-8,11,13-15H2/t16-,18+,21+,22-/m0/s1. The van der Waals surface area contributed by atoms with E-state index >= 15 is 0 Å². The highest BCUT2D eigenvalue weighted by molar-refractivity contribution is 5.92. The highest BCUT2D eigenvalue weighted by Gasteiger charge is 2.45. The van der Waals surface area contributed by atoms with Gasteiger partial charge >= 0.3 is 0 Å². The van der Waals surface area contributed by atoms with Gasteiger partial charge in [-0.3, -0.25) is 9.69 Å². The van der Waals surface area contributed by atoms with Crippen molar-refractivity contribution >= 4 is 5.91 Å². The fourth-order valence-electron chi connectivity index (χ4n) is 5.67. The molecular formula is C23H26FN3O. The number of hydrogen-bond acceptors (Lipinski definition) is 3. The van der Waals surface area contributed by atoms with Crippen LogP contribution in [0.4, 0.5) is 4.39 Å². The summed E-state index contributed by atoms with van der Waals surface area (Å²) in [6.07, 6.45) is 6.03. The molecule has 146 valence electrons. The fourth-order valence-corrected chi connectivity index (χ4v) is 5.67. The Morgan fingerprint density at radius 3 is 2.68 bits per heavy atom. The second-order valence-electron chi connectivity index (χ2n) is 8.56. The predicted molar refractivity (Wildman–Crippen MR) is 105 cm³/mol. The van der Waals surface area contributed by atoms with Crippen LogP contribution in [0.15, 0.2) is 48.7 Å². The van der Waals surface area contributed by atoms with Gasteiger partial charge < -0.3 is 4.90 Å². The Morgan fingerprint density at radius 2 is 1.89 bits per heavy atom. The second kappa shape index (κ2) is 7.28. The number of carbonyl (C=O) groups is 1. The van der Waals surface area contributed by atoms with E-state index in [1.54, 1.807) is 0 Å². The zero-order chi connectivity index (χ0) is 19.1. The van der Waals surface area contributed by atoms with E-state index < -0.39 is 5.82 Å². The van der Waals surface area contributed by atoms with E-state index in [4.69, 9.17) is 0 Å². The lowest BCUT2D eigenvalue weighted by Crippen LogP contribution is -2.60. The van der Waals surface area contributed by atoms with Crippen molar-refractivity contribution in [2.24, 2.45) is 11.8 Å². The Bertz CT molecular complexity index is 841. The number of pyridine rings is 1. The highest BCUT2D eigenvalue weighted by atomic mass is 19.1. The van der Waals surface area contributed by atoms with Gasteiger partial charge in [0, 0.05) is 31.7 Å². The summed E-state index contributed by atoms with van der Waals surface area (Å²) in [7, 11) is 0. The summed E-state index contributed by atoms with van der Waals surface area (Å²) in [5, 5.41) is 0. The summed E-state index contributed by atoms with van der Waals surface area (Å²) in [6.45, 7) is 2.62. The largest absolute Gasteiger partial charge is 0.337 e. The number of likely N-dealkylation sites (tertiary alicyclic amines) is 1. The smallest absolute Gasteiger partial charge is 0.272 e. The summed E-state index contributed by atoms with van der Waals surface area (Å²) < 4.78 is 13.1. The lowest BCUT2D eigenvalue weighted by Gasteiger charge is -2.55. The third-order valence-corrected chi connectivity index (χ3v) is 6.80. The van der Waals surface area contributed by atoms with Crippen LogP contribution in [0.3, 0.4) is 0 Å². The average molecular weight is 379 g/mol. The van der Waals surface area contributed by atoms with Crippen molar-refractivity contribution in [2.75, 3.05) is 19.6 Å². The van der Waals surface area contributed by atoms with Gasteiger partial charge in [-0.2, -0.15) is 0 Å². The molecule has 4 atom stereocenters. The number of carbonyl (C=O) groups excluding carboxylic acids is 1. The summed E-state index contributed by atoms with van der Waals surface area (Å²) in [6, 6.07) is 14.7. The Kier molecular flexibility index (Phi) is 4.63. The number of fused-ring (bicyclic) bond motifs is 4. The molecule has 1 aromatic carbocycles. The Labute approximate surface area is 165 Å². The van der Waals surface area contributed by atoms with Gasteiger partial charge in [-0.05, 0) is 55.2 Å². The molecule has 5 rings (SSSR count). The monoisotopic (exact) mass is 379 g/mol. The van der Waals surface area contributed by atoms with Gasteiger partial charge in [0.25, 0.3) is 5.91 Å². The molecule has 0 aliphatic carbocycles. The molecule has 1 aromatic heterocycles. The molecule has 0 N–H and O–H groups in total. The first kappa shape index (κ1) is 17.8. The number of nitrogens with zero attached hydrogens (tertiary/aromatic N) is 3. The molecule has 3 aliphatic heterocycles. The molecule has 28 heavy (non-hydrogen) atoms. The van der Waals surface area contributed by atoms with Gasteiger partial charge in [0.15, 0.2) is 0 Å². The summed E-state index contributed by atoms with van der Waals surface area (Å²) in [5.41, 5.74) is 1.78. The van der Waals surface area contributed by atoms with Gasteiger partial charge in [-0.15, -0.1) is 0 Å². The number of benzene rings is 1. The highest BCUT2D eigenvalue weighted by Crippen LogP contribution is 2.44. The molecule has 0 radical (unpaired) electrons. The summed E-state index contributed by atoms with van der Waals surface area (Å²) in [4.78, 5) is 21.6. The zero-order valence-corrected chi connectivity index (χ0v) is 16.0. The van der Waals surface area contributed by atoms with E-state index in [0.29, 0.717) is 29.6 Å². The van der Waals surface area contributed by atoms with Crippen LogP contribution in [0, 0.1) is 17.7 Å². The van der Waals surface area contributed by atoms with Crippen LogP contribution < -0.4 is 0 Å². The molecular weight excluding hydrogens is 353 g/mol. The molecule has 0 saturated carbocycles. The molecule has 3 fully saturated rings. The molecule has 3 saturated heterocycles. The van der Waals surface area contributed by atoms with Crippen LogP contribution >= 0.6 is 0 Å². The van der Waals surface area contributed by atoms with Gasteiger partial charge in [0.1, 0.15) is 11.5 Å². The lowest BCUT2D eigenvalue weighted by atomic mass is 9.74. The average Bonchev–Trinajstić information content (AvgIpc) is 2.74. The minimum absolute atomic E-state index is 0.0569. The molecule has 4 heterocycles. The van der Waals surface area contributed by atoms with Crippen molar-refractivity contribution in [3.8, 4) is 0 Å². The van der Waals surface area contributed by atoms with E-state index in [9.17, 15) is 9.18 Å². The van der Waals surface area contributed by atoms with E-state index in [1.165, 1.54) is 43.4 Å². The molecule has 5 heteroatoms. The third kappa shape index (κ3) is 3.22. The lowest BCUT2D eigenvalue weighted by molar-refractivity contribution is -0.0512. The van der Waals surface area contributed by atoms with Crippen molar-refractivity contribution in [1.29, 1.82) is 0 Å². The topological polar surface area (TPSA) is 36.4 Å². The van der Waals surface area contributed by atoms with Crippen molar-refractivity contribution in [3.63, 3.8) is 0 Å². The zero-order valence-electron chi connectivity index (χ0n) is 16.0. The van der Waals surface area contributed by atoms with E-state index in [1.807, 2.05) is 4.90 Å². The first-order chi connectivity index (χ1) is 13.7. The predicted octanol–water partition coefficient (Wildman–Crippen LogP) is 3.91. The van der Waals surface area contributed by atoms with Crippen LogP contribution in [-0.2, 0) is 0 Å². The van der Waals surface area contributed by atoms with Crippen LogP contribution in [0.1, 0.15) is 47.8 Å². The van der Waals surface area contributed by atoms with Crippen LogP contribution in [-0.4, -0.2) is 46.4 Å². The SMILES string of the molecule is O=C(c1ccc(F)cn1)N1C[C@@H]2C[C@H](C1)[C@@H]1CCC[C@H](c3ccccc3)N1C2. The number of rotatable bonds is 2. The quantitative estimate of drug-likeness (QED) is 0.794. The maximum Gasteiger partial charge on any atom is 0.272 e. The Morgan fingerprint density at radius 1 is 1.04 bits per heavy atom. The number of piperidine rings is 3. The molecule has 1 amide bonds. The fraction of sp³-hybridized carbons (Fsp3) is 0.478. The van der Waals surface area contributed by atoms with E-state index in [0.717, 1.165) is 25.8 Å². The van der Waals surface area contributed by atoms with Crippen molar-refractivity contribution < 1.29 is 9.18 Å². The first-order valence-corrected chi connectivity index (χ1v) is 10.4. The number of hydrogen-bond donors (Lipinski definition) is 0. The molecule has 0 spiro atoms. The van der Waals surface area contributed by atoms with Crippen molar-refractivity contribution in [1.82, 2.24) is 14.8 Å². The normalized spacial score (nSPS) is 30.0. The number of amides is 1. The minimum atomic E-state index is -0.406. The first-order valence-electron chi connectivity index (χ1n) is 10.4. The van der Waals surface area contributed by atoms with Gasteiger partial charge in [-0.1, -0.05) is 30.3 Å². The van der Waals surface area contributed by atoms with E-state index in [-0.39, 0.29) is 5.91 Å². The Hall–Kier alpha value is -2.27. The second-order valence-corrected chi connectivity index (χ2v) is 8.56. The van der Waals surface area contributed by atoms with Crippen LogP contribution in [0.25, 0.3) is 0 Å². The maximum atomic E-state index is 13.1. The third-order valence-electron chi connectivity index (χ3n) is 6.80. The van der Waals surface area contributed by atoms with E-state index in [2.05, 4.69) is 40.2 Å². The van der Waals surface area contributed by atoms with Gasteiger partial charge in [0.05, 0.1) is 6.20 Å². The Balaban J connectivity index is 1.35. The van der Waals surface area contributed by atoms with Crippen LogP contribution in [0.2, 0.25) is 0 Å². The minimum Gasteiger partial charge on any atom is -0.337 e. The van der Waals surface area contributed by atoms with Gasteiger partial charge in [0.2, 0.25) is 0 Å². The van der Waals surface area contributed by atoms with Crippen molar-refractivity contribution in [2.45, 2.75) is 37.8 Å². The summed E-state index contributed by atoms with van der Waals surface area (Å²) in [5.74, 6) is 0.558.